The summed E-state index contributed by atoms with van der Waals surface area (Å²) in [6.07, 6.45) is 6.67. The zero-order valence-corrected chi connectivity index (χ0v) is 14.9. The minimum absolute atomic E-state index is 0. The summed E-state index contributed by atoms with van der Waals surface area (Å²) in [4.78, 5) is 9.15. The second-order valence-corrected chi connectivity index (χ2v) is 5.02. The lowest BCUT2D eigenvalue weighted by molar-refractivity contribution is 0.283. The molecule has 0 radical (unpaired) electrons. The van der Waals surface area contributed by atoms with Gasteiger partial charge in [-0.2, -0.15) is 0 Å². The molecule has 1 aliphatic heterocycles. The van der Waals surface area contributed by atoms with Crippen LogP contribution in [0.4, 0.5) is 0 Å². The predicted octanol–water partition coefficient (Wildman–Crippen LogP) is 2.53. The van der Waals surface area contributed by atoms with E-state index in [-0.39, 0.29) is 24.0 Å². The van der Waals surface area contributed by atoms with Gasteiger partial charge in [0.2, 0.25) is 0 Å². The van der Waals surface area contributed by atoms with Gasteiger partial charge in [-0.1, -0.05) is 12.8 Å². The van der Waals surface area contributed by atoms with Crippen LogP contribution in [0.3, 0.4) is 0 Å². The highest BCUT2D eigenvalue weighted by molar-refractivity contribution is 14.0. The maximum Gasteiger partial charge on any atom is 0.191 e. The van der Waals surface area contributed by atoms with Crippen LogP contribution >= 0.6 is 24.0 Å². The summed E-state index contributed by atoms with van der Waals surface area (Å²) in [5, 5.41) is 0. The first-order chi connectivity index (χ1) is 8.77. The average Bonchev–Trinajstić information content (AvgIpc) is 2.65. The molecule has 4 nitrogen and oxygen atoms in total. The molecule has 0 aromatic rings. The highest BCUT2D eigenvalue weighted by atomic mass is 127. The number of nitrogens with two attached hydrogens (primary N) is 1. The third kappa shape index (κ3) is 7.97. The van der Waals surface area contributed by atoms with Gasteiger partial charge in [0.15, 0.2) is 5.96 Å². The number of guanidine groups is 1. The van der Waals surface area contributed by atoms with Crippen molar-refractivity contribution in [3.8, 4) is 0 Å². The number of hydrogen-bond acceptors (Lipinski definition) is 2. The lowest BCUT2D eigenvalue weighted by atomic mass is 10.2. The van der Waals surface area contributed by atoms with Gasteiger partial charge in [0, 0.05) is 19.6 Å². The Morgan fingerprint density at radius 1 is 1.11 bits per heavy atom. The molecule has 2 N–H and O–H groups in total. The lowest BCUT2D eigenvalue weighted by Crippen LogP contribution is -2.37. The van der Waals surface area contributed by atoms with Gasteiger partial charge in [-0.15, -0.1) is 24.0 Å². The molecule has 0 spiro atoms. The zero-order chi connectivity index (χ0) is 13.2. The molecule has 5 heteroatoms. The molecule has 1 aliphatic rings. The van der Waals surface area contributed by atoms with Crippen LogP contribution in [0, 0.1) is 0 Å². The first-order valence-electron chi connectivity index (χ1n) is 7.55. The number of likely N-dealkylation sites (tertiary alicyclic amines) is 1. The van der Waals surface area contributed by atoms with Crippen LogP contribution in [0.15, 0.2) is 4.99 Å². The first-order valence-corrected chi connectivity index (χ1v) is 7.55. The van der Waals surface area contributed by atoms with Gasteiger partial charge in [-0.3, -0.25) is 4.99 Å². The molecule has 0 amide bonds. The van der Waals surface area contributed by atoms with Crippen LogP contribution in [0.2, 0.25) is 0 Å². The van der Waals surface area contributed by atoms with E-state index in [1.807, 2.05) is 0 Å². The van der Waals surface area contributed by atoms with Gasteiger partial charge in [0.05, 0.1) is 0 Å². The van der Waals surface area contributed by atoms with Crippen molar-refractivity contribution in [2.24, 2.45) is 10.7 Å². The molecular formula is C14H31IN4. The predicted molar refractivity (Wildman–Crippen MR) is 94.4 cm³/mol. The van der Waals surface area contributed by atoms with Crippen molar-refractivity contribution >= 4 is 29.9 Å². The van der Waals surface area contributed by atoms with Gasteiger partial charge >= 0.3 is 0 Å². The SMILES string of the molecule is CCN(CC)C(N)=NCCCN1CCCCCC1.I. The van der Waals surface area contributed by atoms with Crippen LogP contribution in [0.25, 0.3) is 0 Å². The minimum Gasteiger partial charge on any atom is -0.370 e. The van der Waals surface area contributed by atoms with E-state index in [0.717, 1.165) is 26.1 Å². The van der Waals surface area contributed by atoms with Crippen LogP contribution in [0.1, 0.15) is 46.0 Å². The van der Waals surface area contributed by atoms with Crippen LogP contribution in [0.5, 0.6) is 0 Å². The topological polar surface area (TPSA) is 44.9 Å². The number of halogens is 1. The largest absolute Gasteiger partial charge is 0.370 e. The van der Waals surface area contributed by atoms with Crippen LogP contribution in [-0.2, 0) is 0 Å². The fourth-order valence-electron chi connectivity index (χ4n) is 2.50. The van der Waals surface area contributed by atoms with E-state index >= 15 is 0 Å². The van der Waals surface area contributed by atoms with Crippen molar-refractivity contribution in [1.82, 2.24) is 9.80 Å². The normalized spacial score (nSPS) is 17.7. The Morgan fingerprint density at radius 2 is 1.68 bits per heavy atom. The third-order valence-electron chi connectivity index (χ3n) is 3.69. The second kappa shape index (κ2) is 11.8. The van der Waals surface area contributed by atoms with E-state index in [9.17, 15) is 0 Å². The second-order valence-electron chi connectivity index (χ2n) is 5.02. The molecule has 0 aromatic carbocycles. The third-order valence-corrected chi connectivity index (χ3v) is 3.69. The first kappa shape index (κ1) is 19.0. The van der Waals surface area contributed by atoms with E-state index in [1.165, 1.54) is 45.3 Å². The summed E-state index contributed by atoms with van der Waals surface area (Å²) in [6, 6.07) is 0. The highest BCUT2D eigenvalue weighted by Gasteiger charge is 2.08. The van der Waals surface area contributed by atoms with Crippen molar-refractivity contribution in [3.05, 3.63) is 0 Å². The van der Waals surface area contributed by atoms with Gasteiger partial charge < -0.3 is 15.5 Å². The molecule has 0 saturated carbocycles. The average molecular weight is 382 g/mol. The molecular weight excluding hydrogens is 351 g/mol. The summed E-state index contributed by atoms with van der Waals surface area (Å²) < 4.78 is 0. The molecule has 1 rings (SSSR count). The van der Waals surface area contributed by atoms with E-state index in [0.29, 0.717) is 5.96 Å². The Hall–Kier alpha value is -0.0400. The molecule has 0 unspecified atom stereocenters. The van der Waals surface area contributed by atoms with Crippen molar-refractivity contribution in [3.63, 3.8) is 0 Å². The molecule has 114 valence electrons. The fraction of sp³-hybridized carbons (Fsp3) is 0.929. The summed E-state index contributed by atoms with van der Waals surface area (Å²) in [6.45, 7) is 10.7. The quantitative estimate of drug-likeness (QED) is 0.332. The Bertz CT molecular complexity index is 234. The van der Waals surface area contributed by atoms with Gasteiger partial charge in [-0.25, -0.2) is 0 Å². The summed E-state index contributed by atoms with van der Waals surface area (Å²) in [5.41, 5.74) is 5.95. The van der Waals surface area contributed by atoms with E-state index in [1.54, 1.807) is 0 Å². The zero-order valence-electron chi connectivity index (χ0n) is 12.6. The Kier molecular flexibility index (Phi) is 11.7. The number of nitrogens with zero attached hydrogens (tertiary/aromatic N) is 3. The summed E-state index contributed by atoms with van der Waals surface area (Å²) in [5.74, 6) is 0.705. The summed E-state index contributed by atoms with van der Waals surface area (Å²) in [7, 11) is 0. The molecule has 1 saturated heterocycles. The van der Waals surface area contributed by atoms with Crippen molar-refractivity contribution < 1.29 is 0 Å². The molecule has 0 aliphatic carbocycles. The van der Waals surface area contributed by atoms with E-state index in [2.05, 4.69) is 28.6 Å². The van der Waals surface area contributed by atoms with Crippen LogP contribution < -0.4 is 5.73 Å². The number of hydrogen-bond donors (Lipinski definition) is 1. The van der Waals surface area contributed by atoms with Gasteiger partial charge in [0.25, 0.3) is 0 Å². The number of aliphatic imine (C=N–C) groups is 1. The maximum absolute atomic E-state index is 5.95. The minimum atomic E-state index is 0. The smallest absolute Gasteiger partial charge is 0.191 e. The monoisotopic (exact) mass is 382 g/mol. The maximum atomic E-state index is 5.95. The van der Waals surface area contributed by atoms with E-state index < -0.39 is 0 Å². The standard InChI is InChI=1S/C14H30N4.HI/c1-3-18(4-2)14(15)16-10-9-13-17-11-7-5-6-8-12-17;/h3-13H2,1-2H3,(H2,15,16);1H. The fourth-order valence-corrected chi connectivity index (χ4v) is 2.50. The van der Waals surface area contributed by atoms with Crippen LogP contribution in [-0.4, -0.2) is 55.0 Å². The van der Waals surface area contributed by atoms with Crippen molar-refractivity contribution in [2.75, 3.05) is 39.3 Å². The van der Waals surface area contributed by atoms with Crippen molar-refractivity contribution in [1.29, 1.82) is 0 Å². The molecule has 0 aromatic heterocycles. The Labute approximate surface area is 135 Å². The summed E-state index contributed by atoms with van der Waals surface area (Å²) >= 11 is 0. The molecule has 1 fully saturated rings. The van der Waals surface area contributed by atoms with Crippen molar-refractivity contribution in [2.45, 2.75) is 46.0 Å². The molecule has 0 bridgehead atoms. The highest BCUT2D eigenvalue weighted by Crippen LogP contribution is 2.09. The van der Waals surface area contributed by atoms with E-state index in [4.69, 9.17) is 5.73 Å². The Balaban J connectivity index is 0.00000324. The van der Waals surface area contributed by atoms with Gasteiger partial charge in [0.1, 0.15) is 0 Å². The lowest BCUT2D eigenvalue weighted by Gasteiger charge is -2.20. The molecule has 0 atom stereocenters. The Morgan fingerprint density at radius 3 is 2.21 bits per heavy atom. The molecule has 1 heterocycles. The molecule has 19 heavy (non-hydrogen) atoms. The number of rotatable bonds is 6. The van der Waals surface area contributed by atoms with Gasteiger partial charge in [-0.05, 0) is 52.7 Å².